The maximum atomic E-state index is 12.9. The van der Waals surface area contributed by atoms with Gasteiger partial charge in [0.15, 0.2) is 6.10 Å². The van der Waals surface area contributed by atoms with Crippen molar-refractivity contribution in [3.8, 4) is 0 Å². The van der Waals surface area contributed by atoms with Crippen molar-refractivity contribution in [1.82, 2.24) is 0 Å². The molecule has 464 valence electrons. The summed E-state index contributed by atoms with van der Waals surface area (Å²) in [5.74, 6) is -0.867. The second-order valence-electron chi connectivity index (χ2n) is 23.4. The molecule has 1 atom stereocenters. The molecular formula is C74H132O6. The molecule has 0 aliphatic carbocycles. The molecule has 0 aliphatic rings. The molecule has 0 N–H and O–H groups in total. The summed E-state index contributed by atoms with van der Waals surface area (Å²) in [5, 5.41) is 0. The fourth-order valence-electron chi connectivity index (χ4n) is 10.2. The van der Waals surface area contributed by atoms with Crippen molar-refractivity contribution in [3.05, 3.63) is 72.9 Å². The van der Waals surface area contributed by atoms with Crippen LogP contribution >= 0.6 is 0 Å². The second kappa shape index (κ2) is 68.3. The molecule has 0 aromatic heterocycles. The van der Waals surface area contributed by atoms with Crippen LogP contribution in [0.25, 0.3) is 0 Å². The Morgan fingerprint density at radius 1 is 0.263 bits per heavy atom. The molecule has 0 fully saturated rings. The van der Waals surface area contributed by atoms with E-state index in [0.717, 1.165) is 109 Å². The van der Waals surface area contributed by atoms with Gasteiger partial charge in [-0.2, -0.15) is 0 Å². The number of rotatable bonds is 64. The van der Waals surface area contributed by atoms with Crippen LogP contribution in [0.4, 0.5) is 0 Å². The number of hydrogen-bond donors (Lipinski definition) is 0. The topological polar surface area (TPSA) is 78.9 Å². The summed E-state index contributed by atoms with van der Waals surface area (Å²) in [6, 6.07) is 0. The molecule has 80 heavy (non-hydrogen) atoms. The lowest BCUT2D eigenvalue weighted by molar-refractivity contribution is -0.167. The number of unbranched alkanes of at least 4 members (excludes halogenated alkanes) is 41. The summed E-state index contributed by atoms with van der Waals surface area (Å²) in [6.07, 6.45) is 89.5. The maximum Gasteiger partial charge on any atom is 0.306 e. The number of carbonyl (C=O) groups is 3. The molecule has 0 aliphatic heterocycles. The third kappa shape index (κ3) is 65.7. The first-order chi connectivity index (χ1) is 39.5. The van der Waals surface area contributed by atoms with Crippen LogP contribution in [0.5, 0.6) is 0 Å². The van der Waals surface area contributed by atoms with Crippen molar-refractivity contribution in [1.29, 1.82) is 0 Å². The Hall–Kier alpha value is -3.15. The lowest BCUT2D eigenvalue weighted by Gasteiger charge is -2.18. The molecule has 0 aromatic carbocycles. The monoisotopic (exact) mass is 1120 g/mol. The van der Waals surface area contributed by atoms with E-state index in [-0.39, 0.29) is 31.1 Å². The highest BCUT2D eigenvalue weighted by Crippen LogP contribution is 2.18. The smallest absolute Gasteiger partial charge is 0.306 e. The van der Waals surface area contributed by atoms with Gasteiger partial charge in [-0.05, 0) is 83.5 Å². The fraction of sp³-hybridized carbons (Fsp3) is 0.797. The SMILES string of the molecule is CC/C=C\C/C=C\C/C=C\C/C=C\CCCCCCCCCCCCCCCCCCCCCCCCC(=O)OCC(COC(=O)CCCCCCC/C=C\C/C=C\CCC)OC(=O)CCCCCCCCCCCCCCCC. The summed E-state index contributed by atoms with van der Waals surface area (Å²) >= 11 is 0. The largest absolute Gasteiger partial charge is 0.462 e. The molecule has 0 bridgehead atoms. The summed E-state index contributed by atoms with van der Waals surface area (Å²) in [5.41, 5.74) is 0. The Balaban J connectivity index is 4.06. The van der Waals surface area contributed by atoms with Crippen LogP contribution in [0, 0.1) is 0 Å². The van der Waals surface area contributed by atoms with E-state index in [4.69, 9.17) is 14.2 Å². The van der Waals surface area contributed by atoms with Crippen molar-refractivity contribution in [3.63, 3.8) is 0 Å². The third-order valence-corrected chi connectivity index (χ3v) is 15.4. The van der Waals surface area contributed by atoms with E-state index in [1.807, 2.05) is 0 Å². The van der Waals surface area contributed by atoms with Crippen LogP contribution < -0.4 is 0 Å². The zero-order valence-electron chi connectivity index (χ0n) is 53.3. The van der Waals surface area contributed by atoms with Gasteiger partial charge in [-0.1, -0.05) is 331 Å². The zero-order chi connectivity index (χ0) is 57.8. The van der Waals surface area contributed by atoms with E-state index in [2.05, 4.69) is 93.7 Å². The van der Waals surface area contributed by atoms with E-state index < -0.39 is 6.10 Å². The highest BCUT2D eigenvalue weighted by Gasteiger charge is 2.19. The Morgan fingerprint density at radius 3 is 0.812 bits per heavy atom. The number of hydrogen-bond acceptors (Lipinski definition) is 6. The van der Waals surface area contributed by atoms with E-state index in [1.165, 1.54) is 212 Å². The Kier molecular flexibility index (Phi) is 65.7. The number of ether oxygens (including phenoxy) is 3. The van der Waals surface area contributed by atoms with Gasteiger partial charge in [-0.15, -0.1) is 0 Å². The zero-order valence-corrected chi connectivity index (χ0v) is 53.3. The van der Waals surface area contributed by atoms with Crippen LogP contribution in [0.15, 0.2) is 72.9 Å². The molecule has 0 amide bonds. The van der Waals surface area contributed by atoms with Crippen molar-refractivity contribution in [2.45, 2.75) is 367 Å². The van der Waals surface area contributed by atoms with Crippen molar-refractivity contribution in [2.24, 2.45) is 0 Å². The maximum absolute atomic E-state index is 12.9. The molecule has 0 rings (SSSR count). The van der Waals surface area contributed by atoms with E-state index in [9.17, 15) is 14.4 Å². The lowest BCUT2D eigenvalue weighted by atomic mass is 10.0. The van der Waals surface area contributed by atoms with Crippen LogP contribution in [-0.2, 0) is 28.6 Å². The van der Waals surface area contributed by atoms with Gasteiger partial charge < -0.3 is 14.2 Å². The number of allylic oxidation sites excluding steroid dienone is 12. The quantitative estimate of drug-likeness (QED) is 0.0261. The third-order valence-electron chi connectivity index (χ3n) is 15.4. The summed E-state index contributed by atoms with van der Waals surface area (Å²) in [6.45, 7) is 6.50. The molecule has 0 radical (unpaired) electrons. The first kappa shape index (κ1) is 76.9. The molecule has 6 nitrogen and oxygen atoms in total. The Morgan fingerprint density at radius 2 is 0.512 bits per heavy atom. The highest BCUT2D eigenvalue weighted by atomic mass is 16.6. The van der Waals surface area contributed by atoms with E-state index in [0.29, 0.717) is 19.3 Å². The van der Waals surface area contributed by atoms with Crippen molar-refractivity contribution >= 4 is 17.9 Å². The van der Waals surface area contributed by atoms with Crippen LogP contribution in [0.1, 0.15) is 361 Å². The van der Waals surface area contributed by atoms with Crippen LogP contribution in [0.3, 0.4) is 0 Å². The van der Waals surface area contributed by atoms with Crippen molar-refractivity contribution < 1.29 is 28.6 Å². The van der Waals surface area contributed by atoms with Gasteiger partial charge in [-0.25, -0.2) is 0 Å². The summed E-state index contributed by atoms with van der Waals surface area (Å²) in [4.78, 5) is 38.3. The van der Waals surface area contributed by atoms with E-state index in [1.54, 1.807) is 0 Å². The molecule has 0 saturated carbocycles. The second-order valence-corrected chi connectivity index (χ2v) is 23.4. The Bertz CT molecular complexity index is 1470. The standard InChI is InChI=1S/C74H132O6/c1-4-7-10-13-16-19-22-25-27-28-29-30-31-32-33-34-35-36-37-38-39-40-41-42-43-44-45-46-47-50-52-55-58-61-64-67-73(76)79-70-71(69-78-72(75)66-63-60-57-54-51-48-24-21-18-15-12-9-6-3)80-74(77)68-65-62-59-56-53-49-26-23-20-17-14-11-8-5-2/h7,10,12,15-16,19,21,24-25,27,29-30,71H,4-6,8-9,11,13-14,17-18,20,22-23,26,28,31-70H2,1-3H3/b10-7-,15-12-,19-16-,24-21-,27-25-,30-29-. The van der Waals surface area contributed by atoms with Crippen LogP contribution in [0.2, 0.25) is 0 Å². The number of esters is 3. The fourth-order valence-corrected chi connectivity index (χ4v) is 10.2. The number of carbonyl (C=O) groups excluding carboxylic acids is 3. The lowest BCUT2D eigenvalue weighted by Crippen LogP contribution is -2.30. The predicted octanol–water partition coefficient (Wildman–Crippen LogP) is 24.1. The highest BCUT2D eigenvalue weighted by molar-refractivity contribution is 5.71. The summed E-state index contributed by atoms with van der Waals surface area (Å²) < 4.78 is 16.9. The van der Waals surface area contributed by atoms with Crippen LogP contribution in [-0.4, -0.2) is 37.2 Å². The Labute approximate surface area is 497 Å². The van der Waals surface area contributed by atoms with Gasteiger partial charge in [0, 0.05) is 19.3 Å². The van der Waals surface area contributed by atoms with Gasteiger partial charge in [0.1, 0.15) is 13.2 Å². The minimum Gasteiger partial charge on any atom is -0.462 e. The average molecular weight is 1120 g/mol. The molecule has 6 heteroatoms. The van der Waals surface area contributed by atoms with Gasteiger partial charge in [0.25, 0.3) is 0 Å². The van der Waals surface area contributed by atoms with Gasteiger partial charge in [-0.3, -0.25) is 14.4 Å². The first-order valence-corrected chi connectivity index (χ1v) is 34.9. The molecule has 0 aromatic rings. The first-order valence-electron chi connectivity index (χ1n) is 34.9. The molecule has 0 saturated heterocycles. The average Bonchev–Trinajstić information content (AvgIpc) is 3.46. The predicted molar refractivity (Wildman–Crippen MR) is 348 cm³/mol. The minimum atomic E-state index is -0.777. The normalized spacial score (nSPS) is 12.5. The van der Waals surface area contributed by atoms with Gasteiger partial charge in [0.05, 0.1) is 0 Å². The van der Waals surface area contributed by atoms with Gasteiger partial charge >= 0.3 is 17.9 Å². The molecule has 0 heterocycles. The van der Waals surface area contributed by atoms with Gasteiger partial charge in [0.2, 0.25) is 0 Å². The van der Waals surface area contributed by atoms with Crippen molar-refractivity contribution in [2.75, 3.05) is 13.2 Å². The molecule has 1 unspecified atom stereocenters. The minimum absolute atomic E-state index is 0.0735. The van der Waals surface area contributed by atoms with E-state index >= 15 is 0 Å². The molecule has 0 spiro atoms. The summed E-state index contributed by atoms with van der Waals surface area (Å²) in [7, 11) is 0. The molecular weight excluding hydrogens is 985 g/mol.